The summed E-state index contributed by atoms with van der Waals surface area (Å²) >= 11 is 0. The highest BCUT2D eigenvalue weighted by Gasteiger charge is 2.29. The second-order valence-corrected chi connectivity index (χ2v) is 6.38. The Labute approximate surface area is 136 Å². The van der Waals surface area contributed by atoms with E-state index in [0.717, 1.165) is 25.7 Å². The highest BCUT2D eigenvalue weighted by atomic mass is 16.2. The number of hydrogen-bond acceptors (Lipinski definition) is 3. The molecule has 2 aromatic carbocycles. The lowest BCUT2D eigenvalue weighted by molar-refractivity contribution is -0.125. The molecule has 23 heavy (non-hydrogen) atoms. The molecule has 1 amide bonds. The number of benzene rings is 2. The van der Waals surface area contributed by atoms with Gasteiger partial charge in [-0.25, -0.2) is 0 Å². The molecule has 120 valence electrons. The molecule has 1 aliphatic rings. The van der Waals surface area contributed by atoms with Gasteiger partial charge in [0.25, 0.3) is 0 Å². The first kappa shape index (κ1) is 15.7. The highest BCUT2D eigenvalue weighted by molar-refractivity contribution is 5.85. The monoisotopic (exact) mass is 310 g/mol. The normalized spacial score (nSPS) is 22.0. The highest BCUT2D eigenvalue weighted by Crippen LogP contribution is 2.22. The van der Waals surface area contributed by atoms with Crippen LogP contribution in [-0.4, -0.2) is 30.8 Å². The van der Waals surface area contributed by atoms with Crippen LogP contribution in [0.15, 0.2) is 42.5 Å². The molecule has 0 bridgehead atoms. The molecule has 4 nitrogen and oxygen atoms in total. The summed E-state index contributed by atoms with van der Waals surface area (Å²) in [6.07, 6.45) is 2.52. The first-order chi connectivity index (χ1) is 11.2. The first-order valence-electron chi connectivity index (χ1n) is 8.12. The largest absolute Gasteiger partial charge is 0.346 e. The Hall–Kier alpha value is -2.20. The molecule has 0 radical (unpaired) electrons. The molecule has 0 unspecified atom stereocenters. The number of amides is 1. The standard InChI is InChI=1S/C19H22N2O2/c1-13(12-22)21-19(23)18-10-15(11-20-18)8-14-6-7-16-4-2-3-5-17(16)9-14/h2-7,9,12-13,15,18,20H,8,10-11H2,1H3,(H,21,23)/t13-,15-,18+/m0/s1. The van der Waals surface area contributed by atoms with Crippen LogP contribution >= 0.6 is 0 Å². The van der Waals surface area contributed by atoms with Gasteiger partial charge in [0.05, 0.1) is 12.1 Å². The fraction of sp³-hybridized carbons (Fsp3) is 0.368. The van der Waals surface area contributed by atoms with Crippen LogP contribution in [0.25, 0.3) is 10.8 Å². The Balaban J connectivity index is 1.60. The zero-order chi connectivity index (χ0) is 16.2. The van der Waals surface area contributed by atoms with Crippen molar-refractivity contribution in [1.29, 1.82) is 0 Å². The summed E-state index contributed by atoms with van der Waals surface area (Å²) in [6, 6.07) is 14.3. The van der Waals surface area contributed by atoms with Crippen molar-refractivity contribution in [2.45, 2.75) is 31.8 Å². The van der Waals surface area contributed by atoms with E-state index >= 15 is 0 Å². The SMILES string of the molecule is C[C@@H](C=O)NC(=O)[C@H]1C[C@H](Cc2ccc3ccccc3c2)CN1. The van der Waals surface area contributed by atoms with Gasteiger partial charge in [0.2, 0.25) is 5.91 Å². The average Bonchev–Trinajstić information content (AvgIpc) is 3.03. The van der Waals surface area contributed by atoms with E-state index in [1.165, 1.54) is 16.3 Å². The maximum Gasteiger partial charge on any atom is 0.237 e. The van der Waals surface area contributed by atoms with E-state index in [-0.39, 0.29) is 11.9 Å². The summed E-state index contributed by atoms with van der Waals surface area (Å²) in [4.78, 5) is 22.7. The minimum Gasteiger partial charge on any atom is -0.346 e. The quantitative estimate of drug-likeness (QED) is 0.831. The zero-order valence-corrected chi connectivity index (χ0v) is 13.3. The van der Waals surface area contributed by atoms with Gasteiger partial charge in [0.1, 0.15) is 6.29 Å². The molecular weight excluding hydrogens is 288 g/mol. The molecule has 3 rings (SSSR count). The second-order valence-electron chi connectivity index (χ2n) is 6.38. The van der Waals surface area contributed by atoms with Crippen molar-refractivity contribution in [2.75, 3.05) is 6.54 Å². The number of carbonyl (C=O) groups is 2. The third-order valence-corrected chi connectivity index (χ3v) is 4.45. The maximum atomic E-state index is 12.1. The number of nitrogens with one attached hydrogen (secondary N) is 2. The summed E-state index contributed by atoms with van der Waals surface area (Å²) in [5.74, 6) is 0.365. The number of hydrogen-bond donors (Lipinski definition) is 2. The fourth-order valence-corrected chi connectivity index (χ4v) is 3.22. The van der Waals surface area contributed by atoms with E-state index < -0.39 is 6.04 Å². The molecule has 4 heteroatoms. The third-order valence-electron chi connectivity index (χ3n) is 4.45. The van der Waals surface area contributed by atoms with Crippen LogP contribution in [0.2, 0.25) is 0 Å². The second kappa shape index (κ2) is 6.92. The Morgan fingerprint density at radius 1 is 1.30 bits per heavy atom. The summed E-state index contributed by atoms with van der Waals surface area (Å²) < 4.78 is 0. The van der Waals surface area contributed by atoms with Crippen LogP contribution in [-0.2, 0) is 16.0 Å². The van der Waals surface area contributed by atoms with Gasteiger partial charge < -0.3 is 15.4 Å². The number of fused-ring (bicyclic) bond motifs is 1. The van der Waals surface area contributed by atoms with Crippen LogP contribution < -0.4 is 10.6 Å². The van der Waals surface area contributed by atoms with E-state index in [4.69, 9.17) is 0 Å². The van der Waals surface area contributed by atoms with E-state index in [0.29, 0.717) is 5.92 Å². The fourth-order valence-electron chi connectivity index (χ4n) is 3.22. The number of carbonyl (C=O) groups excluding carboxylic acids is 2. The molecule has 0 spiro atoms. The van der Waals surface area contributed by atoms with Gasteiger partial charge in [0, 0.05) is 0 Å². The zero-order valence-electron chi connectivity index (χ0n) is 13.3. The summed E-state index contributed by atoms with van der Waals surface area (Å²) in [6.45, 7) is 2.52. The maximum absolute atomic E-state index is 12.1. The van der Waals surface area contributed by atoms with Crippen LogP contribution in [0.1, 0.15) is 18.9 Å². The first-order valence-corrected chi connectivity index (χ1v) is 8.12. The Bertz CT molecular complexity index is 713. The lowest BCUT2D eigenvalue weighted by atomic mass is 9.95. The van der Waals surface area contributed by atoms with Crippen LogP contribution in [0, 0.1) is 5.92 Å². The van der Waals surface area contributed by atoms with E-state index in [1.54, 1.807) is 6.92 Å². The predicted molar refractivity (Wildman–Crippen MR) is 91.2 cm³/mol. The molecule has 1 heterocycles. The lowest BCUT2D eigenvalue weighted by Gasteiger charge is -2.13. The van der Waals surface area contributed by atoms with E-state index in [1.807, 2.05) is 6.07 Å². The van der Waals surface area contributed by atoms with Gasteiger partial charge in [0.15, 0.2) is 0 Å². The average molecular weight is 310 g/mol. The summed E-state index contributed by atoms with van der Waals surface area (Å²) in [5, 5.41) is 8.48. The Morgan fingerprint density at radius 2 is 2.09 bits per heavy atom. The third kappa shape index (κ3) is 3.77. The van der Waals surface area contributed by atoms with E-state index in [9.17, 15) is 9.59 Å². The van der Waals surface area contributed by atoms with E-state index in [2.05, 4.69) is 47.0 Å². The summed E-state index contributed by atoms with van der Waals surface area (Å²) in [7, 11) is 0. The van der Waals surface area contributed by atoms with Crippen molar-refractivity contribution in [3.05, 3.63) is 48.0 Å². The van der Waals surface area contributed by atoms with Gasteiger partial charge in [-0.05, 0) is 48.6 Å². The molecule has 1 saturated heterocycles. The van der Waals surface area contributed by atoms with Crippen LogP contribution in [0.5, 0.6) is 0 Å². The summed E-state index contributed by atoms with van der Waals surface area (Å²) in [5.41, 5.74) is 1.30. The Morgan fingerprint density at radius 3 is 2.87 bits per heavy atom. The van der Waals surface area contributed by atoms with Crippen LogP contribution in [0.3, 0.4) is 0 Å². The predicted octanol–water partition coefficient (Wildman–Crippen LogP) is 2.06. The topological polar surface area (TPSA) is 58.2 Å². The van der Waals surface area contributed by atoms with Gasteiger partial charge >= 0.3 is 0 Å². The van der Waals surface area contributed by atoms with Crippen molar-refractivity contribution in [3.8, 4) is 0 Å². The molecule has 0 aliphatic carbocycles. The minimum absolute atomic E-state index is 0.0781. The van der Waals surface area contributed by atoms with Gasteiger partial charge in [-0.15, -0.1) is 0 Å². The smallest absolute Gasteiger partial charge is 0.237 e. The van der Waals surface area contributed by atoms with Crippen molar-refractivity contribution in [2.24, 2.45) is 5.92 Å². The molecule has 1 aliphatic heterocycles. The van der Waals surface area contributed by atoms with Gasteiger partial charge in [-0.2, -0.15) is 0 Å². The minimum atomic E-state index is -0.427. The van der Waals surface area contributed by atoms with Gasteiger partial charge in [-0.1, -0.05) is 42.5 Å². The molecular formula is C19H22N2O2. The Kier molecular flexibility index (Phi) is 4.72. The van der Waals surface area contributed by atoms with Crippen molar-refractivity contribution >= 4 is 23.0 Å². The van der Waals surface area contributed by atoms with Crippen LogP contribution in [0.4, 0.5) is 0 Å². The molecule has 0 saturated carbocycles. The molecule has 3 atom stereocenters. The molecule has 1 fully saturated rings. The van der Waals surface area contributed by atoms with Crippen molar-refractivity contribution in [1.82, 2.24) is 10.6 Å². The van der Waals surface area contributed by atoms with Gasteiger partial charge in [-0.3, -0.25) is 4.79 Å². The molecule has 2 aromatic rings. The van der Waals surface area contributed by atoms with Crippen molar-refractivity contribution in [3.63, 3.8) is 0 Å². The lowest BCUT2D eigenvalue weighted by Crippen LogP contribution is -2.44. The number of rotatable bonds is 5. The molecule has 0 aromatic heterocycles. The van der Waals surface area contributed by atoms with Crippen molar-refractivity contribution < 1.29 is 9.59 Å². The molecule has 2 N–H and O–H groups in total. The number of aldehydes is 1.